The molecule has 1 amide bonds. The number of nitrogens with zero attached hydrogens (tertiary/aromatic N) is 1. The Kier molecular flexibility index (Phi) is 4.44. The minimum absolute atomic E-state index is 0.0480. The van der Waals surface area contributed by atoms with Crippen LogP contribution >= 0.6 is 27.5 Å². The molecule has 2 aromatic rings. The Morgan fingerprint density at radius 3 is 2.57 bits per heavy atom. The maximum absolute atomic E-state index is 12.0. The van der Waals surface area contributed by atoms with Crippen molar-refractivity contribution in [3.8, 4) is 0 Å². The summed E-state index contributed by atoms with van der Waals surface area (Å²) in [7, 11) is 0. The molecule has 0 heterocycles. The molecule has 8 heteroatoms. The predicted molar refractivity (Wildman–Crippen MR) is 84.6 cm³/mol. The highest BCUT2D eigenvalue weighted by Gasteiger charge is 2.14. The number of halogens is 2. The molecular formula is C13H9BrClN3O3. The Morgan fingerprint density at radius 1 is 1.29 bits per heavy atom. The van der Waals surface area contributed by atoms with Gasteiger partial charge in [-0.2, -0.15) is 0 Å². The molecule has 0 aliphatic carbocycles. The molecule has 0 aliphatic rings. The van der Waals surface area contributed by atoms with Gasteiger partial charge >= 0.3 is 0 Å². The number of anilines is 2. The van der Waals surface area contributed by atoms with Crippen LogP contribution in [0.25, 0.3) is 0 Å². The van der Waals surface area contributed by atoms with Gasteiger partial charge in [-0.15, -0.1) is 0 Å². The fraction of sp³-hybridized carbons (Fsp3) is 0. The first-order valence-electron chi connectivity index (χ1n) is 5.69. The zero-order chi connectivity index (χ0) is 15.6. The van der Waals surface area contributed by atoms with E-state index in [9.17, 15) is 14.9 Å². The summed E-state index contributed by atoms with van der Waals surface area (Å²) in [6.45, 7) is 0. The summed E-state index contributed by atoms with van der Waals surface area (Å²) in [4.78, 5) is 22.1. The minimum Gasteiger partial charge on any atom is -0.398 e. The summed E-state index contributed by atoms with van der Waals surface area (Å²) < 4.78 is 0.692. The number of nitrogen functional groups attached to an aromatic ring is 1. The molecular weight excluding hydrogens is 362 g/mol. The van der Waals surface area contributed by atoms with E-state index in [0.29, 0.717) is 21.4 Å². The second-order valence-corrected chi connectivity index (χ2v) is 5.38. The highest BCUT2D eigenvalue weighted by atomic mass is 79.9. The zero-order valence-corrected chi connectivity index (χ0v) is 12.8. The van der Waals surface area contributed by atoms with Crippen LogP contribution in [-0.4, -0.2) is 10.8 Å². The van der Waals surface area contributed by atoms with Gasteiger partial charge in [0.1, 0.15) is 5.02 Å². The van der Waals surface area contributed by atoms with E-state index in [2.05, 4.69) is 21.2 Å². The van der Waals surface area contributed by atoms with Crippen LogP contribution in [0, 0.1) is 10.1 Å². The Balaban J connectivity index is 2.21. The summed E-state index contributed by atoms with van der Waals surface area (Å²) >= 11 is 9.02. The Morgan fingerprint density at radius 2 is 2.00 bits per heavy atom. The van der Waals surface area contributed by atoms with Crippen molar-refractivity contribution in [2.75, 3.05) is 11.1 Å². The van der Waals surface area contributed by atoms with E-state index >= 15 is 0 Å². The summed E-state index contributed by atoms with van der Waals surface area (Å²) in [5, 5.41) is 13.2. The fourth-order valence-electron chi connectivity index (χ4n) is 1.62. The van der Waals surface area contributed by atoms with Crippen molar-refractivity contribution in [1.82, 2.24) is 0 Å². The molecule has 0 fully saturated rings. The van der Waals surface area contributed by atoms with Gasteiger partial charge in [0, 0.05) is 27.5 Å². The Labute approximate surface area is 133 Å². The third-order valence-corrected chi connectivity index (χ3v) is 3.69. The number of nitro groups is 1. The molecule has 0 aliphatic heterocycles. The largest absolute Gasteiger partial charge is 0.398 e. The topological polar surface area (TPSA) is 98.3 Å². The first-order chi connectivity index (χ1) is 9.88. The summed E-state index contributed by atoms with van der Waals surface area (Å²) in [6, 6.07) is 8.74. The Hall–Kier alpha value is -2.12. The molecule has 108 valence electrons. The average Bonchev–Trinajstić information content (AvgIpc) is 2.41. The number of nitrogens with two attached hydrogens (primary N) is 1. The minimum atomic E-state index is -0.594. The van der Waals surface area contributed by atoms with E-state index in [-0.39, 0.29) is 16.6 Å². The number of hydrogen-bond acceptors (Lipinski definition) is 4. The third-order valence-electron chi connectivity index (χ3n) is 2.66. The standard InChI is InChI=1S/C13H9BrClN3O3/c14-9-3-1-7(5-11(9)16)13(19)17-8-2-4-12(18(20)21)10(15)6-8/h1-6H,16H2,(H,17,19). The highest BCUT2D eigenvalue weighted by molar-refractivity contribution is 9.10. The lowest BCUT2D eigenvalue weighted by Crippen LogP contribution is -2.12. The van der Waals surface area contributed by atoms with Gasteiger partial charge in [-0.3, -0.25) is 14.9 Å². The first kappa shape index (κ1) is 15.3. The molecule has 0 saturated carbocycles. The van der Waals surface area contributed by atoms with E-state index in [1.54, 1.807) is 12.1 Å². The summed E-state index contributed by atoms with van der Waals surface area (Å²) in [6.07, 6.45) is 0. The summed E-state index contributed by atoms with van der Waals surface area (Å²) in [5.41, 5.74) is 6.65. The number of nitro benzene ring substituents is 1. The van der Waals surface area contributed by atoms with E-state index < -0.39 is 4.92 Å². The van der Waals surface area contributed by atoms with Crippen LogP contribution in [0.3, 0.4) is 0 Å². The van der Waals surface area contributed by atoms with Crippen LogP contribution in [0.15, 0.2) is 40.9 Å². The molecule has 0 aromatic heterocycles. The highest BCUT2D eigenvalue weighted by Crippen LogP contribution is 2.27. The second kappa shape index (κ2) is 6.11. The summed E-state index contributed by atoms with van der Waals surface area (Å²) in [5.74, 6) is -0.390. The van der Waals surface area contributed by atoms with E-state index in [1.165, 1.54) is 24.3 Å². The molecule has 0 radical (unpaired) electrons. The SMILES string of the molecule is Nc1cc(C(=O)Nc2ccc([N+](=O)[O-])c(Cl)c2)ccc1Br. The van der Waals surface area contributed by atoms with Crippen LogP contribution in [0.5, 0.6) is 0 Å². The first-order valence-corrected chi connectivity index (χ1v) is 6.86. The number of nitrogens with one attached hydrogen (secondary N) is 1. The number of hydrogen-bond donors (Lipinski definition) is 2. The number of amides is 1. The zero-order valence-electron chi connectivity index (χ0n) is 10.5. The van der Waals surface area contributed by atoms with Crippen molar-refractivity contribution in [3.63, 3.8) is 0 Å². The van der Waals surface area contributed by atoms with Gasteiger partial charge in [-0.05, 0) is 46.3 Å². The number of benzene rings is 2. The lowest BCUT2D eigenvalue weighted by atomic mass is 10.2. The van der Waals surface area contributed by atoms with E-state index in [4.69, 9.17) is 17.3 Å². The van der Waals surface area contributed by atoms with Crippen LogP contribution in [0.4, 0.5) is 17.1 Å². The Bertz CT molecular complexity index is 737. The molecule has 6 nitrogen and oxygen atoms in total. The van der Waals surface area contributed by atoms with Gasteiger partial charge in [0.25, 0.3) is 11.6 Å². The van der Waals surface area contributed by atoms with Crippen molar-refractivity contribution >= 4 is 50.5 Å². The van der Waals surface area contributed by atoms with E-state index in [0.717, 1.165) is 0 Å². The fourth-order valence-corrected chi connectivity index (χ4v) is 2.12. The second-order valence-electron chi connectivity index (χ2n) is 4.11. The normalized spacial score (nSPS) is 10.2. The van der Waals surface area contributed by atoms with Crippen LogP contribution < -0.4 is 11.1 Å². The van der Waals surface area contributed by atoms with Crippen LogP contribution in [0.2, 0.25) is 5.02 Å². The molecule has 3 N–H and O–H groups in total. The molecule has 0 atom stereocenters. The molecule has 21 heavy (non-hydrogen) atoms. The lowest BCUT2D eigenvalue weighted by Gasteiger charge is -2.07. The third kappa shape index (κ3) is 3.50. The van der Waals surface area contributed by atoms with E-state index in [1.807, 2.05) is 0 Å². The van der Waals surface area contributed by atoms with Crippen molar-refractivity contribution in [2.45, 2.75) is 0 Å². The molecule has 0 unspecified atom stereocenters. The number of rotatable bonds is 3. The maximum Gasteiger partial charge on any atom is 0.288 e. The number of carbonyl (C=O) groups excluding carboxylic acids is 1. The average molecular weight is 371 g/mol. The smallest absolute Gasteiger partial charge is 0.288 e. The van der Waals surface area contributed by atoms with Crippen LogP contribution in [0.1, 0.15) is 10.4 Å². The van der Waals surface area contributed by atoms with Crippen molar-refractivity contribution in [1.29, 1.82) is 0 Å². The van der Waals surface area contributed by atoms with Crippen molar-refractivity contribution in [2.24, 2.45) is 0 Å². The van der Waals surface area contributed by atoms with Crippen molar-refractivity contribution < 1.29 is 9.72 Å². The van der Waals surface area contributed by atoms with Gasteiger partial charge in [-0.1, -0.05) is 11.6 Å². The van der Waals surface area contributed by atoms with Gasteiger partial charge in [0.15, 0.2) is 0 Å². The van der Waals surface area contributed by atoms with Gasteiger partial charge < -0.3 is 11.1 Å². The van der Waals surface area contributed by atoms with Crippen molar-refractivity contribution in [3.05, 3.63) is 61.6 Å². The molecule has 0 saturated heterocycles. The lowest BCUT2D eigenvalue weighted by molar-refractivity contribution is -0.384. The van der Waals surface area contributed by atoms with Gasteiger partial charge in [0.05, 0.1) is 4.92 Å². The molecule has 2 rings (SSSR count). The molecule has 0 bridgehead atoms. The monoisotopic (exact) mass is 369 g/mol. The van der Waals surface area contributed by atoms with Crippen LogP contribution in [-0.2, 0) is 0 Å². The maximum atomic E-state index is 12.0. The molecule has 0 spiro atoms. The molecule has 2 aromatic carbocycles. The predicted octanol–water partition coefficient (Wildman–Crippen LogP) is 3.85. The number of carbonyl (C=O) groups is 1. The van der Waals surface area contributed by atoms with Gasteiger partial charge in [-0.25, -0.2) is 0 Å². The van der Waals surface area contributed by atoms with Gasteiger partial charge in [0.2, 0.25) is 0 Å². The quantitative estimate of drug-likeness (QED) is 0.487.